The van der Waals surface area contributed by atoms with Crippen molar-refractivity contribution in [3.8, 4) is 0 Å². The molecule has 0 saturated carbocycles. The van der Waals surface area contributed by atoms with Crippen molar-refractivity contribution >= 4 is 23.2 Å². The molecule has 21 heavy (non-hydrogen) atoms. The Morgan fingerprint density at radius 3 is 2.81 bits per heavy atom. The third-order valence-electron chi connectivity index (χ3n) is 4.13. The molecule has 0 bridgehead atoms. The second-order valence-electron chi connectivity index (χ2n) is 5.65. The highest BCUT2D eigenvalue weighted by Crippen LogP contribution is 2.28. The van der Waals surface area contributed by atoms with Crippen LogP contribution in [0.15, 0.2) is 6.07 Å². The molecule has 1 fully saturated rings. The number of nitrogens with zero attached hydrogens (tertiary/aromatic N) is 1. The largest absolute Gasteiger partial charge is 0.481 e. The number of hydrogen-bond acceptors (Lipinski definition) is 3. The molecular formula is C16H23NO3S. The van der Waals surface area contributed by atoms with E-state index in [1.165, 1.54) is 10.4 Å². The maximum Gasteiger partial charge on any atom is 0.303 e. The first kappa shape index (κ1) is 16.0. The summed E-state index contributed by atoms with van der Waals surface area (Å²) in [5.41, 5.74) is 1.19. The van der Waals surface area contributed by atoms with Crippen LogP contribution in [0.3, 0.4) is 0 Å². The first-order valence-electron chi connectivity index (χ1n) is 7.65. The van der Waals surface area contributed by atoms with Crippen molar-refractivity contribution in [3.05, 3.63) is 21.4 Å². The third-order valence-corrected chi connectivity index (χ3v) is 5.50. The van der Waals surface area contributed by atoms with Crippen LogP contribution in [-0.2, 0) is 11.2 Å². The normalized spacial score (nSPS) is 18.8. The second kappa shape index (κ2) is 7.07. The van der Waals surface area contributed by atoms with E-state index in [4.69, 9.17) is 5.11 Å². The van der Waals surface area contributed by atoms with Gasteiger partial charge in [0.25, 0.3) is 5.91 Å². The van der Waals surface area contributed by atoms with Crippen molar-refractivity contribution in [2.75, 3.05) is 6.54 Å². The molecule has 1 aliphatic heterocycles. The van der Waals surface area contributed by atoms with Gasteiger partial charge in [-0.15, -0.1) is 11.3 Å². The Hall–Kier alpha value is -1.36. The number of carbonyl (C=O) groups is 2. The van der Waals surface area contributed by atoms with Crippen molar-refractivity contribution in [1.82, 2.24) is 4.90 Å². The number of carboxylic acids is 1. The summed E-state index contributed by atoms with van der Waals surface area (Å²) in [5, 5.41) is 8.86. The molecule has 1 aromatic rings. The molecule has 1 unspecified atom stereocenters. The molecule has 2 heterocycles. The molecular weight excluding hydrogens is 286 g/mol. The van der Waals surface area contributed by atoms with E-state index in [9.17, 15) is 9.59 Å². The van der Waals surface area contributed by atoms with E-state index in [0.717, 1.165) is 37.1 Å². The molecule has 1 aromatic heterocycles. The number of carboxylic acid groups (broad SMARTS) is 1. The standard InChI is InChI=1S/C16H23NO3S/c1-3-13-11(2)10-14(21-13)16(20)17-9-5-4-6-12(17)7-8-15(18)19/h10,12H,3-9H2,1-2H3,(H,18,19). The molecule has 1 N–H and O–H groups in total. The van der Waals surface area contributed by atoms with Crippen molar-refractivity contribution in [2.45, 2.75) is 58.4 Å². The van der Waals surface area contributed by atoms with Gasteiger partial charge in [-0.1, -0.05) is 6.92 Å². The Morgan fingerprint density at radius 2 is 2.19 bits per heavy atom. The second-order valence-corrected chi connectivity index (χ2v) is 6.79. The molecule has 1 atom stereocenters. The summed E-state index contributed by atoms with van der Waals surface area (Å²) in [6.45, 7) is 4.90. The predicted molar refractivity (Wildman–Crippen MR) is 84.0 cm³/mol. The molecule has 4 nitrogen and oxygen atoms in total. The van der Waals surface area contributed by atoms with E-state index in [1.54, 1.807) is 11.3 Å². The minimum absolute atomic E-state index is 0.0785. The average molecular weight is 309 g/mol. The van der Waals surface area contributed by atoms with Gasteiger partial charge in [-0.2, -0.15) is 0 Å². The van der Waals surface area contributed by atoms with E-state index in [-0.39, 0.29) is 18.4 Å². The molecule has 0 radical (unpaired) electrons. The molecule has 0 aliphatic carbocycles. The number of aliphatic carboxylic acids is 1. The van der Waals surface area contributed by atoms with Gasteiger partial charge in [-0.25, -0.2) is 0 Å². The number of carbonyl (C=O) groups excluding carboxylic acids is 1. The molecule has 5 heteroatoms. The Bertz CT molecular complexity index is 524. The fourth-order valence-electron chi connectivity index (χ4n) is 2.98. The summed E-state index contributed by atoms with van der Waals surface area (Å²) in [4.78, 5) is 27.5. The number of piperidine rings is 1. The van der Waals surface area contributed by atoms with Gasteiger partial charge in [-0.3, -0.25) is 9.59 Å². The predicted octanol–water partition coefficient (Wildman–Crippen LogP) is 3.48. The highest BCUT2D eigenvalue weighted by Gasteiger charge is 2.28. The van der Waals surface area contributed by atoms with Gasteiger partial charge < -0.3 is 10.0 Å². The van der Waals surface area contributed by atoms with Gasteiger partial charge in [-0.05, 0) is 50.7 Å². The van der Waals surface area contributed by atoms with Crippen LogP contribution >= 0.6 is 11.3 Å². The highest BCUT2D eigenvalue weighted by molar-refractivity contribution is 7.14. The molecule has 0 aromatic carbocycles. The van der Waals surface area contributed by atoms with Crippen LogP contribution in [-0.4, -0.2) is 34.5 Å². The average Bonchev–Trinajstić information content (AvgIpc) is 2.85. The van der Waals surface area contributed by atoms with Crippen LogP contribution in [0.2, 0.25) is 0 Å². The van der Waals surface area contributed by atoms with Crippen molar-refractivity contribution in [1.29, 1.82) is 0 Å². The SMILES string of the molecule is CCc1sc(C(=O)N2CCCCC2CCC(=O)O)cc1C. The molecule has 1 aliphatic rings. The maximum atomic E-state index is 12.7. The van der Waals surface area contributed by atoms with Gasteiger partial charge in [0.2, 0.25) is 0 Å². The zero-order valence-electron chi connectivity index (χ0n) is 12.7. The Morgan fingerprint density at radius 1 is 1.43 bits per heavy atom. The smallest absolute Gasteiger partial charge is 0.303 e. The maximum absolute atomic E-state index is 12.7. The lowest BCUT2D eigenvalue weighted by Gasteiger charge is -2.35. The number of thiophene rings is 1. The Balaban J connectivity index is 2.11. The summed E-state index contributed by atoms with van der Waals surface area (Å²) in [6.07, 6.45) is 4.67. The van der Waals surface area contributed by atoms with Crippen LogP contribution in [0.5, 0.6) is 0 Å². The van der Waals surface area contributed by atoms with E-state index in [2.05, 4.69) is 6.92 Å². The first-order valence-corrected chi connectivity index (χ1v) is 8.46. The van der Waals surface area contributed by atoms with E-state index in [1.807, 2.05) is 17.9 Å². The first-order chi connectivity index (χ1) is 10.0. The van der Waals surface area contributed by atoms with Gasteiger partial charge in [0, 0.05) is 23.9 Å². The summed E-state index contributed by atoms with van der Waals surface area (Å²) >= 11 is 1.58. The van der Waals surface area contributed by atoms with Gasteiger partial charge in [0.1, 0.15) is 0 Å². The lowest BCUT2D eigenvalue weighted by molar-refractivity contribution is -0.137. The van der Waals surface area contributed by atoms with E-state index >= 15 is 0 Å². The number of aryl methyl sites for hydroxylation is 2. The van der Waals surface area contributed by atoms with Crippen molar-refractivity contribution in [3.63, 3.8) is 0 Å². The van der Waals surface area contributed by atoms with Crippen LogP contribution in [0.25, 0.3) is 0 Å². The Kier molecular flexibility index (Phi) is 5.39. The fraction of sp³-hybridized carbons (Fsp3) is 0.625. The van der Waals surface area contributed by atoms with Crippen molar-refractivity contribution < 1.29 is 14.7 Å². The number of hydrogen-bond donors (Lipinski definition) is 1. The summed E-state index contributed by atoms with van der Waals surface area (Å²) in [7, 11) is 0. The fourth-order valence-corrected chi connectivity index (χ4v) is 4.05. The van der Waals surface area contributed by atoms with Crippen LogP contribution in [0, 0.1) is 6.92 Å². The zero-order valence-corrected chi connectivity index (χ0v) is 13.5. The van der Waals surface area contributed by atoms with Crippen LogP contribution in [0.4, 0.5) is 0 Å². The third kappa shape index (κ3) is 3.84. The zero-order chi connectivity index (χ0) is 15.4. The summed E-state index contributed by atoms with van der Waals surface area (Å²) < 4.78 is 0. The van der Waals surface area contributed by atoms with Gasteiger partial charge in [0.05, 0.1) is 4.88 Å². The molecule has 1 amide bonds. The summed E-state index contributed by atoms with van der Waals surface area (Å²) in [6, 6.07) is 2.06. The molecule has 1 saturated heterocycles. The number of amides is 1. The van der Waals surface area contributed by atoms with Crippen LogP contribution in [0.1, 0.15) is 59.1 Å². The minimum Gasteiger partial charge on any atom is -0.481 e. The van der Waals surface area contributed by atoms with E-state index < -0.39 is 5.97 Å². The highest BCUT2D eigenvalue weighted by atomic mass is 32.1. The lowest BCUT2D eigenvalue weighted by atomic mass is 9.97. The van der Waals surface area contributed by atoms with Gasteiger partial charge >= 0.3 is 5.97 Å². The van der Waals surface area contributed by atoms with Crippen LogP contribution < -0.4 is 0 Å². The van der Waals surface area contributed by atoms with Gasteiger partial charge in [0.15, 0.2) is 0 Å². The Labute approximate surface area is 129 Å². The molecule has 0 spiro atoms. The molecule has 2 rings (SSSR count). The number of rotatable bonds is 5. The van der Waals surface area contributed by atoms with E-state index in [0.29, 0.717) is 6.42 Å². The molecule has 116 valence electrons. The topological polar surface area (TPSA) is 57.6 Å². The quantitative estimate of drug-likeness (QED) is 0.906. The summed E-state index contributed by atoms with van der Waals surface area (Å²) in [5.74, 6) is -0.703. The monoisotopic (exact) mass is 309 g/mol. The minimum atomic E-state index is -0.784. The van der Waals surface area contributed by atoms with Crippen molar-refractivity contribution in [2.24, 2.45) is 0 Å². The lowest BCUT2D eigenvalue weighted by Crippen LogP contribution is -2.43. The number of likely N-dealkylation sites (tertiary alicyclic amines) is 1.